The zero-order chi connectivity index (χ0) is 28.5. The molecule has 0 bridgehead atoms. The van der Waals surface area contributed by atoms with E-state index in [9.17, 15) is 27.2 Å². The topological polar surface area (TPSA) is 52.7 Å². The van der Waals surface area contributed by atoms with Gasteiger partial charge in [-0.2, -0.15) is 13.2 Å². The first-order valence-electron chi connectivity index (χ1n) is 12.0. The number of hydrogen-bond donors (Lipinski definition) is 1. The lowest BCUT2D eigenvalue weighted by Gasteiger charge is -2.29. The van der Waals surface area contributed by atoms with Crippen LogP contribution in [0, 0.1) is 5.82 Å². The van der Waals surface area contributed by atoms with E-state index < -0.39 is 17.6 Å². The fraction of sp³-hybridized carbons (Fsp3) is 0.286. The van der Waals surface area contributed by atoms with Crippen molar-refractivity contribution < 1.29 is 27.2 Å². The van der Waals surface area contributed by atoms with E-state index in [1.807, 2.05) is 11.0 Å². The second kappa shape index (κ2) is 11.5. The standard InChI is InChI=1S/C28H25Cl2F4N3O2/c1-16(38)35-20-7-4-18(5-8-20)27(39)37-14-21(19-6-10-23(29)24(30)12-19)26(15-37)36(2)13-17-3-9-22(25(31)11-17)28(32,33)34/h3-12,21,26H,13-15H2,1-2H3,(H,35,38). The molecule has 1 saturated heterocycles. The highest BCUT2D eigenvalue weighted by molar-refractivity contribution is 6.42. The van der Waals surface area contributed by atoms with Gasteiger partial charge in [-0.3, -0.25) is 14.5 Å². The van der Waals surface area contributed by atoms with Crippen molar-refractivity contribution in [2.45, 2.75) is 31.6 Å². The molecule has 0 spiro atoms. The average Bonchev–Trinajstić information content (AvgIpc) is 3.30. The molecule has 2 amide bonds. The Hall–Kier alpha value is -3.14. The molecule has 0 radical (unpaired) electrons. The van der Waals surface area contributed by atoms with Crippen molar-refractivity contribution in [1.29, 1.82) is 0 Å². The minimum Gasteiger partial charge on any atom is -0.336 e. The van der Waals surface area contributed by atoms with Gasteiger partial charge in [0.15, 0.2) is 0 Å². The van der Waals surface area contributed by atoms with Crippen LogP contribution in [0.3, 0.4) is 0 Å². The van der Waals surface area contributed by atoms with Crippen LogP contribution in [0.5, 0.6) is 0 Å². The smallest absolute Gasteiger partial charge is 0.336 e. The molecule has 1 aliphatic heterocycles. The lowest BCUT2D eigenvalue weighted by atomic mass is 9.93. The van der Waals surface area contributed by atoms with Gasteiger partial charge in [0.2, 0.25) is 5.91 Å². The molecule has 206 valence electrons. The van der Waals surface area contributed by atoms with Crippen LogP contribution in [0.2, 0.25) is 10.0 Å². The van der Waals surface area contributed by atoms with Crippen molar-refractivity contribution in [3.8, 4) is 0 Å². The Morgan fingerprint density at radius 1 is 1.00 bits per heavy atom. The van der Waals surface area contributed by atoms with Gasteiger partial charge in [0.05, 0.1) is 15.6 Å². The van der Waals surface area contributed by atoms with Gasteiger partial charge in [-0.1, -0.05) is 35.3 Å². The van der Waals surface area contributed by atoms with Gasteiger partial charge in [0.25, 0.3) is 5.91 Å². The monoisotopic (exact) mass is 581 g/mol. The predicted octanol–water partition coefficient (Wildman–Crippen LogP) is 6.85. The third kappa shape index (κ3) is 6.72. The Balaban J connectivity index is 1.59. The lowest BCUT2D eigenvalue weighted by Crippen LogP contribution is -2.38. The number of nitrogens with one attached hydrogen (secondary N) is 1. The maximum atomic E-state index is 14.2. The molecule has 3 aromatic carbocycles. The molecule has 0 saturated carbocycles. The number of rotatable bonds is 6. The van der Waals surface area contributed by atoms with Crippen molar-refractivity contribution in [2.75, 3.05) is 25.5 Å². The first-order valence-corrected chi connectivity index (χ1v) is 12.8. The second-order valence-electron chi connectivity index (χ2n) is 9.54. The van der Waals surface area contributed by atoms with Gasteiger partial charge >= 0.3 is 6.18 Å². The van der Waals surface area contributed by atoms with Crippen LogP contribution < -0.4 is 5.32 Å². The molecule has 0 aromatic heterocycles. The van der Waals surface area contributed by atoms with Crippen molar-refractivity contribution in [2.24, 2.45) is 0 Å². The van der Waals surface area contributed by atoms with Gasteiger partial charge in [-0.05, 0) is 66.7 Å². The Morgan fingerprint density at radius 2 is 1.69 bits per heavy atom. The Kier molecular flexibility index (Phi) is 8.54. The van der Waals surface area contributed by atoms with Gasteiger partial charge in [0, 0.05) is 49.8 Å². The maximum absolute atomic E-state index is 14.2. The fourth-order valence-electron chi connectivity index (χ4n) is 4.84. The summed E-state index contributed by atoms with van der Waals surface area (Å²) in [6.07, 6.45) is -4.78. The molecular formula is C28H25Cl2F4N3O2. The first kappa shape index (κ1) is 28.9. The summed E-state index contributed by atoms with van der Waals surface area (Å²) in [5.41, 5.74) is 0.899. The van der Waals surface area contributed by atoms with Gasteiger partial charge in [0.1, 0.15) is 5.82 Å². The predicted molar refractivity (Wildman–Crippen MR) is 143 cm³/mol. The molecular weight excluding hydrogens is 557 g/mol. The highest BCUT2D eigenvalue weighted by atomic mass is 35.5. The van der Waals surface area contributed by atoms with E-state index in [0.29, 0.717) is 39.9 Å². The minimum absolute atomic E-state index is 0.158. The highest BCUT2D eigenvalue weighted by Crippen LogP contribution is 2.36. The van der Waals surface area contributed by atoms with Crippen LogP contribution in [-0.4, -0.2) is 47.8 Å². The van der Waals surface area contributed by atoms with E-state index in [1.54, 1.807) is 48.3 Å². The molecule has 0 aliphatic carbocycles. The Bertz CT molecular complexity index is 1380. The fourth-order valence-corrected chi connectivity index (χ4v) is 5.15. The summed E-state index contributed by atoms with van der Waals surface area (Å²) in [7, 11) is 1.78. The number of anilines is 1. The van der Waals surface area contributed by atoms with Gasteiger partial charge in [-0.25, -0.2) is 4.39 Å². The molecule has 39 heavy (non-hydrogen) atoms. The zero-order valence-electron chi connectivity index (χ0n) is 21.0. The summed E-state index contributed by atoms with van der Waals surface area (Å²) in [6, 6.07) is 14.4. The van der Waals surface area contributed by atoms with E-state index in [0.717, 1.165) is 17.7 Å². The number of likely N-dealkylation sites (tertiary alicyclic amines) is 1. The Labute approximate surface area is 233 Å². The first-order chi connectivity index (χ1) is 18.3. The van der Waals surface area contributed by atoms with Crippen molar-refractivity contribution in [3.05, 3.63) is 98.8 Å². The average molecular weight is 582 g/mol. The van der Waals surface area contributed by atoms with Gasteiger partial charge in [-0.15, -0.1) is 0 Å². The number of nitrogens with zero attached hydrogens (tertiary/aromatic N) is 2. The van der Waals surface area contributed by atoms with Gasteiger partial charge < -0.3 is 10.2 Å². The van der Waals surface area contributed by atoms with Crippen LogP contribution >= 0.6 is 23.2 Å². The quantitative estimate of drug-likeness (QED) is 0.324. The largest absolute Gasteiger partial charge is 0.419 e. The second-order valence-corrected chi connectivity index (χ2v) is 10.4. The molecule has 1 heterocycles. The number of hydrogen-bond acceptors (Lipinski definition) is 3. The van der Waals surface area contributed by atoms with E-state index in [2.05, 4.69) is 5.32 Å². The van der Waals surface area contributed by atoms with Crippen LogP contribution in [0.1, 0.15) is 39.9 Å². The normalized spacial score (nSPS) is 17.5. The van der Waals surface area contributed by atoms with Crippen LogP contribution in [0.4, 0.5) is 23.2 Å². The van der Waals surface area contributed by atoms with E-state index in [1.165, 1.54) is 13.0 Å². The molecule has 4 rings (SSSR count). The highest BCUT2D eigenvalue weighted by Gasteiger charge is 2.39. The van der Waals surface area contributed by atoms with Crippen LogP contribution in [0.15, 0.2) is 60.7 Å². The summed E-state index contributed by atoms with van der Waals surface area (Å²) in [4.78, 5) is 28.3. The molecule has 1 N–H and O–H groups in total. The summed E-state index contributed by atoms with van der Waals surface area (Å²) < 4.78 is 53.2. The van der Waals surface area contributed by atoms with Crippen molar-refractivity contribution in [1.82, 2.24) is 9.80 Å². The van der Waals surface area contributed by atoms with E-state index in [-0.39, 0.29) is 30.3 Å². The number of likely N-dealkylation sites (N-methyl/N-ethyl adjacent to an activating group) is 1. The van der Waals surface area contributed by atoms with E-state index >= 15 is 0 Å². The molecule has 3 aromatic rings. The molecule has 1 fully saturated rings. The van der Waals surface area contributed by atoms with Crippen LogP contribution in [0.25, 0.3) is 0 Å². The number of benzene rings is 3. The summed E-state index contributed by atoms with van der Waals surface area (Å²) in [5, 5.41) is 3.40. The number of amides is 2. The Morgan fingerprint density at radius 3 is 2.28 bits per heavy atom. The zero-order valence-corrected chi connectivity index (χ0v) is 22.5. The van der Waals surface area contributed by atoms with Crippen LogP contribution in [-0.2, 0) is 17.5 Å². The summed E-state index contributed by atoms with van der Waals surface area (Å²) in [6.45, 7) is 2.21. The summed E-state index contributed by atoms with van der Waals surface area (Å²) >= 11 is 12.4. The maximum Gasteiger partial charge on any atom is 0.419 e. The number of halogens is 6. The lowest BCUT2D eigenvalue weighted by molar-refractivity contribution is -0.140. The SMILES string of the molecule is CC(=O)Nc1ccc(C(=O)N2CC(c3ccc(Cl)c(Cl)c3)C(N(C)Cc3ccc(C(F)(F)F)c(F)c3)C2)cc1. The third-order valence-electron chi connectivity index (χ3n) is 6.74. The molecule has 1 aliphatic rings. The molecule has 2 unspecified atom stereocenters. The summed E-state index contributed by atoms with van der Waals surface area (Å²) in [5.74, 6) is -1.98. The number of carbonyl (C=O) groups is 2. The minimum atomic E-state index is -4.78. The van der Waals surface area contributed by atoms with Crippen molar-refractivity contribution in [3.63, 3.8) is 0 Å². The van der Waals surface area contributed by atoms with Crippen molar-refractivity contribution >= 4 is 40.7 Å². The molecule has 11 heteroatoms. The number of carbonyl (C=O) groups excluding carboxylic acids is 2. The van der Waals surface area contributed by atoms with E-state index in [4.69, 9.17) is 23.2 Å². The molecule has 2 atom stereocenters. The third-order valence-corrected chi connectivity index (χ3v) is 7.48. The molecule has 5 nitrogen and oxygen atoms in total. The number of alkyl halides is 3.